The van der Waals surface area contributed by atoms with Crippen LogP contribution < -0.4 is 11.3 Å². The second-order valence-corrected chi connectivity index (χ2v) is 7.94. The normalized spacial score (nSPS) is 38.7. The zero-order chi connectivity index (χ0) is 14.6. The van der Waals surface area contributed by atoms with Crippen LogP contribution in [0.15, 0.2) is 18.2 Å². The smallest absolute Gasteiger partial charge is 0.0496 e. The van der Waals surface area contributed by atoms with Crippen molar-refractivity contribution in [3.05, 3.63) is 34.9 Å². The highest BCUT2D eigenvalue weighted by atomic mass is 15.2. The Morgan fingerprint density at radius 2 is 1.62 bits per heavy atom. The van der Waals surface area contributed by atoms with Crippen molar-refractivity contribution < 1.29 is 0 Å². The molecule has 1 aromatic carbocycles. The molecule has 1 atom stereocenters. The van der Waals surface area contributed by atoms with Gasteiger partial charge >= 0.3 is 0 Å². The lowest BCUT2D eigenvalue weighted by Crippen LogP contribution is -2.50. The van der Waals surface area contributed by atoms with E-state index in [2.05, 4.69) is 37.5 Å². The van der Waals surface area contributed by atoms with Crippen LogP contribution in [0.25, 0.3) is 0 Å². The Morgan fingerprint density at radius 3 is 2.19 bits per heavy atom. The Morgan fingerprint density at radius 1 is 1.00 bits per heavy atom. The fraction of sp³-hybridized carbons (Fsp3) is 0.684. The van der Waals surface area contributed by atoms with Crippen LogP contribution >= 0.6 is 0 Å². The summed E-state index contributed by atoms with van der Waals surface area (Å²) in [5, 5.41) is 0. The first-order chi connectivity index (χ1) is 10.2. The van der Waals surface area contributed by atoms with E-state index in [0.29, 0.717) is 6.04 Å². The monoisotopic (exact) mass is 284 g/mol. The molecule has 4 aliphatic rings. The van der Waals surface area contributed by atoms with Gasteiger partial charge in [-0.1, -0.05) is 18.2 Å². The van der Waals surface area contributed by atoms with E-state index in [-0.39, 0.29) is 0 Å². The van der Waals surface area contributed by atoms with Gasteiger partial charge in [-0.25, -0.2) is 0 Å². The van der Waals surface area contributed by atoms with E-state index in [1.54, 1.807) is 0 Å². The Bertz CT molecular complexity index is 508. The molecule has 0 heterocycles. The minimum Gasteiger partial charge on any atom is -0.271 e. The van der Waals surface area contributed by atoms with E-state index in [4.69, 9.17) is 5.84 Å². The molecule has 2 heteroatoms. The quantitative estimate of drug-likeness (QED) is 0.653. The average Bonchev–Trinajstić information content (AvgIpc) is 2.46. The molecule has 0 aliphatic heterocycles. The van der Waals surface area contributed by atoms with Crippen LogP contribution in [0.3, 0.4) is 0 Å². The van der Waals surface area contributed by atoms with Gasteiger partial charge in [0.25, 0.3) is 0 Å². The minimum absolute atomic E-state index is 0.347. The van der Waals surface area contributed by atoms with Crippen LogP contribution in [0.1, 0.15) is 54.8 Å². The van der Waals surface area contributed by atoms with Crippen molar-refractivity contribution in [3.63, 3.8) is 0 Å². The maximum atomic E-state index is 6.05. The molecule has 114 valence electrons. The highest BCUT2D eigenvalue weighted by molar-refractivity contribution is 5.36. The molecule has 4 aliphatic carbocycles. The van der Waals surface area contributed by atoms with Crippen LogP contribution in [-0.2, 0) is 0 Å². The summed E-state index contributed by atoms with van der Waals surface area (Å²) in [5.41, 5.74) is 7.47. The summed E-state index contributed by atoms with van der Waals surface area (Å²) in [5.74, 6) is 10.7. The van der Waals surface area contributed by atoms with Crippen molar-refractivity contribution in [2.24, 2.45) is 35.4 Å². The van der Waals surface area contributed by atoms with Crippen molar-refractivity contribution in [1.29, 1.82) is 0 Å². The average molecular weight is 284 g/mol. The first-order valence-electron chi connectivity index (χ1n) is 8.69. The largest absolute Gasteiger partial charge is 0.271 e. The van der Waals surface area contributed by atoms with Crippen molar-refractivity contribution >= 4 is 0 Å². The van der Waals surface area contributed by atoms with Gasteiger partial charge in [0.2, 0.25) is 0 Å². The number of nitrogens with two attached hydrogens (primary N) is 1. The fourth-order valence-electron chi connectivity index (χ4n) is 6.03. The van der Waals surface area contributed by atoms with Gasteiger partial charge in [-0.3, -0.25) is 11.3 Å². The SMILES string of the molecule is Cc1cccc(C(NN)C2C3CC4CC(C3)CC2C4)c1C. The van der Waals surface area contributed by atoms with Gasteiger partial charge in [-0.2, -0.15) is 0 Å². The van der Waals surface area contributed by atoms with E-state index >= 15 is 0 Å². The summed E-state index contributed by atoms with van der Waals surface area (Å²) in [6.07, 6.45) is 7.35. The van der Waals surface area contributed by atoms with Crippen LogP contribution in [-0.4, -0.2) is 0 Å². The standard InChI is InChI=1S/C19H28N2/c1-11-4-3-5-17(12(11)2)19(21-20)18-15-7-13-6-14(9-15)10-16(18)8-13/h3-5,13-16,18-19,21H,6-10,20H2,1-2H3. The van der Waals surface area contributed by atoms with Gasteiger partial charge in [0.1, 0.15) is 0 Å². The Labute approximate surface area is 128 Å². The molecule has 1 aromatic rings. The van der Waals surface area contributed by atoms with Gasteiger partial charge in [0.15, 0.2) is 0 Å². The molecule has 0 saturated heterocycles. The number of hydrogen-bond donors (Lipinski definition) is 2. The maximum Gasteiger partial charge on any atom is 0.0496 e. The van der Waals surface area contributed by atoms with Gasteiger partial charge in [-0.05, 0) is 92.2 Å². The second kappa shape index (κ2) is 5.10. The summed E-state index contributed by atoms with van der Waals surface area (Å²) >= 11 is 0. The molecule has 0 aromatic heterocycles. The summed E-state index contributed by atoms with van der Waals surface area (Å²) in [6.45, 7) is 4.47. The molecule has 4 saturated carbocycles. The predicted octanol–water partition coefficient (Wildman–Crippen LogP) is 3.88. The topological polar surface area (TPSA) is 38.0 Å². The summed E-state index contributed by atoms with van der Waals surface area (Å²) in [6, 6.07) is 7.04. The van der Waals surface area contributed by atoms with Gasteiger partial charge < -0.3 is 0 Å². The highest BCUT2D eigenvalue weighted by Crippen LogP contribution is 2.59. The molecule has 3 N–H and O–H groups in total. The molecule has 0 radical (unpaired) electrons. The number of benzene rings is 1. The Kier molecular flexibility index (Phi) is 3.35. The number of hydrogen-bond acceptors (Lipinski definition) is 2. The van der Waals surface area contributed by atoms with Crippen molar-refractivity contribution in [2.45, 2.75) is 52.0 Å². The number of nitrogens with one attached hydrogen (secondary N) is 1. The third-order valence-corrected chi connectivity index (χ3v) is 6.85. The van der Waals surface area contributed by atoms with E-state index in [9.17, 15) is 0 Å². The summed E-state index contributed by atoms with van der Waals surface area (Å²) < 4.78 is 0. The van der Waals surface area contributed by atoms with Crippen molar-refractivity contribution in [3.8, 4) is 0 Å². The highest BCUT2D eigenvalue weighted by Gasteiger charge is 2.50. The third-order valence-electron chi connectivity index (χ3n) is 6.85. The summed E-state index contributed by atoms with van der Waals surface area (Å²) in [4.78, 5) is 0. The van der Waals surface area contributed by atoms with Crippen LogP contribution in [0.5, 0.6) is 0 Å². The van der Waals surface area contributed by atoms with E-state index in [0.717, 1.165) is 29.6 Å². The lowest BCUT2D eigenvalue weighted by Gasteiger charge is -2.56. The number of hydrazine groups is 1. The molecule has 0 spiro atoms. The lowest BCUT2D eigenvalue weighted by molar-refractivity contribution is -0.0526. The fourth-order valence-corrected chi connectivity index (χ4v) is 6.03. The number of aryl methyl sites for hydroxylation is 1. The van der Waals surface area contributed by atoms with Crippen molar-refractivity contribution in [1.82, 2.24) is 5.43 Å². The third kappa shape index (κ3) is 2.15. The van der Waals surface area contributed by atoms with Crippen LogP contribution in [0.4, 0.5) is 0 Å². The molecule has 2 nitrogen and oxygen atoms in total. The van der Waals surface area contributed by atoms with E-state index < -0.39 is 0 Å². The molecule has 21 heavy (non-hydrogen) atoms. The van der Waals surface area contributed by atoms with Gasteiger partial charge in [0, 0.05) is 6.04 Å². The van der Waals surface area contributed by atoms with E-state index in [1.165, 1.54) is 48.8 Å². The first-order valence-corrected chi connectivity index (χ1v) is 8.69. The molecule has 4 bridgehead atoms. The number of rotatable bonds is 3. The van der Waals surface area contributed by atoms with Gasteiger partial charge in [-0.15, -0.1) is 0 Å². The maximum absolute atomic E-state index is 6.05. The molecular weight excluding hydrogens is 256 g/mol. The van der Waals surface area contributed by atoms with Crippen LogP contribution in [0, 0.1) is 43.4 Å². The molecule has 5 rings (SSSR count). The molecular formula is C19H28N2. The van der Waals surface area contributed by atoms with E-state index in [1.807, 2.05) is 0 Å². The Hall–Kier alpha value is -0.860. The molecule has 0 amide bonds. The zero-order valence-electron chi connectivity index (χ0n) is 13.3. The molecule has 1 unspecified atom stereocenters. The van der Waals surface area contributed by atoms with Gasteiger partial charge in [0.05, 0.1) is 0 Å². The Balaban J connectivity index is 1.68. The summed E-state index contributed by atoms with van der Waals surface area (Å²) in [7, 11) is 0. The van der Waals surface area contributed by atoms with Crippen LogP contribution in [0.2, 0.25) is 0 Å². The zero-order valence-corrected chi connectivity index (χ0v) is 13.3. The predicted molar refractivity (Wildman–Crippen MR) is 86.5 cm³/mol. The second-order valence-electron chi connectivity index (χ2n) is 7.94. The lowest BCUT2D eigenvalue weighted by atomic mass is 9.50. The van der Waals surface area contributed by atoms with Crippen molar-refractivity contribution in [2.75, 3.05) is 0 Å². The molecule has 4 fully saturated rings. The first kappa shape index (κ1) is 13.8. The minimum atomic E-state index is 0.347.